The Kier molecular flexibility index (Phi) is 4.78. The monoisotopic (exact) mass is 408 g/mol. The second-order valence-corrected chi connectivity index (χ2v) is 7.74. The van der Waals surface area contributed by atoms with Crippen LogP contribution in [0.3, 0.4) is 0 Å². The lowest BCUT2D eigenvalue weighted by atomic mass is 9.80. The average Bonchev–Trinajstić information content (AvgIpc) is 2.98. The van der Waals surface area contributed by atoms with Crippen molar-refractivity contribution in [2.75, 3.05) is 0 Å². The number of halogens is 3. The van der Waals surface area contributed by atoms with E-state index in [-0.39, 0.29) is 22.8 Å². The Hall–Kier alpha value is -2.55. The quantitative estimate of drug-likeness (QED) is 0.800. The van der Waals surface area contributed by atoms with Gasteiger partial charge in [-0.1, -0.05) is 17.8 Å². The van der Waals surface area contributed by atoms with Gasteiger partial charge in [-0.05, 0) is 54.7 Å². The molecule has 0 saturated carbocycles. The van der Waals surface area contributed by atoms with Crippen molar-refractivity contribution in [3.63, 3.8) is 0 Å². The van der Waals surface area contributed by atoms with E-state index in [0.717, 1.165) is 48.2 Å². The fourth-order valence-corrected chi connectivity index (χ4v) is 4.64. The minimum Gasteiger partial charge on any atom is -0.438 e. The van der Waals surface area contributed by atoms with Crippen molar-refractivity contribution in [3.05, 3.63) is 53.2 Å². The van der Waals surface area contributed by atoms with Gasteiger partial charge in [0.15, 0.2) is 0 Å². The molecule has 1 fully saturated rings. The Morgan fingerprint density at radius 2 is 2.04 bits per heavy atom. The number of aromatic nitrogens is 1. The van der Waals surface area contributed by atoms with Gasteiger partial charge < -0.3 is 4.74 Å². The van der Waals surface area contributed by atoms with E-state index >= 15 is 0 Å². The molecule has 2 amide bonds. The molecule has 2 atom stereocenters. The molecular formula is C19H15F3N2O3S. The number of thioether (sulfide) groups is 1. The SMILES string of the molecule is O=C1NC(=O)C([C@@H]2CCCc3cc(Oc4ncccc4C(F)(F)F)ccc32)S1. The molecule has 0 spiro atoms. The summed E-state index contributed by atoms with van der Waals surface area (Å²) in [5.41, 5.74) is 0.896. The molecule has 0 bridgehead atoms. The first-order valence-corrected chi connectivity index (χ1v) is 9.55. The molecule has 1 saturated heterocycles. The van der Waals surface area contributed by atoms with E-state index in [1.54, 1.807) is 18.2 Å². The van der Waals surface area contributed by atoms with E-state index in [1.165, 1.54) is 12.3 Å². The maximum absolute atomic E-state index is 13.1. The fraction of sp³-hybridized carbons (Fsp3) is 0.316. The van der Waals surface area contributed by atoms with E-state index < -0.39 is 22.9 Å². The van der Waals surface area contributed by atoms with Crippen LogP contribution in [0, 0.1) is 0 Å². The molecule has 5 nitrogen and oxygen atoms in total. The summed E-state index contributed by atoms with van der Waals surface area (Å²) in [4.78, 5) is 27.3. The molecule has 4 rings (SSSR count). The van der Waals surface area contributed by atoms with E-state index in [4.69, 9.17) is 4.74 Å². The number of nitrogens with zero attached hydrogens (tertiary/aromatic N) is 1. The lowest BCUT2D eigenvalue weighted by Crippen LogP contribution is -2.30. The molecular weight excluding hydrogens is 393 g/mol. The van der Waals surface area contributed by atoms with Gasteiger partial charge in [0.05, 0.1) is 0 Å². The lowest BCUT2D eigenvalue weighted by molar-refractivity contribution is -0.138. The number of benzene rings is 1. The molecule has 1 N–H and O–H groups in total. The summed E-state index contributed by atoms with van der Waals surface area (Å²) in [7, 11) is 0. The molecule has 28 heavy (non-hydrogen) atoms. The molecule has 1 aromatic heterocycles. The van der Waals surface area contributed by atoms with Crippen LogP contribution in [-0.2, 0) is 17.4 Å². The molecule has 146 valence electrons. The zero-order valence-electron chi connectivity index (χ0n) is 14.5. The number of imide groups is 1. The number of nitrogens with one attached hydrogen (secondary N) is 1. The highest BCUT2D eigenvalue weighted by atomic mass is 32.2. The van der Waals surface area contributed by atoms with Crippen molar-refractivity contribution in [1.29, 1.82) is 0 Å². The average molecular weight is 408 g/mol. The second kappa shape index (κ2) is 7.12. The predicted octanol–water partition coefficient (Wildman–Crippen LogP) is 4.66. The summed E-state index contributed by atoms with van der Waals surface area (Å²) in [5, 5.41) is 1.47. The minimum absolute atomic E-state index is 0.116. The summed E-state index contributed by atoms with van der Waals surface area (Å²) in [5.74, 6) is -0.659. The van der Waals surface area contributed by atoms with Crippen molar-refractivity contribution in [2.45, 2.75) is 36.6 Å². The smallest absolute Gasteiger partial charge is 0.421 e. The normalized spacial score (nSPS) is 22.0. The molecule has 2 heterocycles. The molecule has 1 aliphatic heterocycles. The number of fused-ring (bicyclic) bond motifs is 1. The molecule has 9 heteroatoms. The number of carbonyl (C=O) groups is 2. The number of amides is 2. The number of pyridine rings is 1. The van der Waals surface area contributed by atoms with Crippen LogP contribution < -0.4 is 10.1 Å². The van der Waals surface area contributed by atoms with E-state index in [2.05, 4.69) is 10.3 Å². The zero-order chi connectivity index (χ0) is 19.9. The van der Waals surface area contributed by atoms with Crippen LogP contribution in [0.15, 0.2) is 36.5 Å². The first-order valence-electron chi connectivity index (χ1n) is 8.67. The Bertz CT molecular complexity index is 948. The predicted molar refractivity (Wildman–Crippen MR) is 96.4 cm³/mol. The van der Waals surface area contributed by atoms with Crippen molar-refractivity contribution in [1.82, 2.24) is 10.3 Å². The van der Waals surface area contributed by atoms with Gasteiger partial charge in [-0.25, -0.2) is 4.98 Å². The van der Waals surface area contributed by atoms with Crippen LogP contribution >= 0.6 is 11.8 Å². The lowest BCUT2D eigenvalue weighted by Gasteiger charge is -2.28. The third kappa shape index (κ3) is 3.58. The summed E-state index contributed by atoms with van der Waals surface area (Å²) in [6.07, 6.45) is -1.01. The van der Waals surface area contributed by atoms with Crippen molar-refractivity contribution in [2.24, 2.45) is 0 Å². The van der Waals surface area contributed by atoms with Gasteiger partial charge in [0.25, 0.3) is 5.24 Å². The highest BCUT2D eigenvalue weighted by molar-refractivity contribution is 8.15. The minimum atomic E-state index is -4.57. The first-order chi connectivity index (χ1) is 13.3. The number of aryl methyl sites for hydroxylation is 1. The molecule has 1 unspecified atom stereocenters. The third-order valence-electron chi connectivity index (χ3n) is 4.85. The van der Waals surface area contributed by atoms with Crippen molar-refractivity contribution < 1.29 is 27.5 Å². The summed E-state index contributed by atoms with van der Waals surface area (Å²) in [6.45, 7) is 0. The van der Waals surface area contributed by atoms with Gasteiger partial charge >= 0.3 is 6.18 Å². The standard InChI is InChI=1S/C19H15F3N2O3S/c20-19(21,22)14-5-2-8-23-17(14)27-11-6-7-12-10(9-11)3-1-4-13(12)15-16(25)24-18(26)28-15/h2,5-9,13,15H,1,3-4H2,(H,24,25,26)/t13-,15?/m1/s1. The Morgan fingerprint density at radius 3 is 2.75 bits per heavy atom. The van der Waals surface area contributed by atoms with Gasteiger partial charge in [-0.15, -0.1) is 0 Å². The maximum Gasteiger partial charge on any atom is 0.421 e. The highest BCUT2D eigenvalue weighted by Gasteiger charge is 2.40. The first kappa shape index (κ1) is 18.8. The van der Waals surface area contributed by atoms with Crippen LogP contribution in [0.4, 0.5) is 18.0 Å². The number of carbonyl (C=O) groups excluding carboxylic acids is 2. The van der Waals surface area contributed by atoms with Gasteiger partial charge in [0.2, 0.25) is 11.8 Å². The number of rotatable bonds is 3. The van der Waals surface area contributed by atoms with Crippen LogP contribution in [0.25, 0.3) is 0 Å². The molecule has 2 aromatic rings. The Balaban J connectivity index is 1.62. The molecule has 1 aliphatic carbocycles. The summed E-state index contributed by atoms with van der Waals surface area (Å²) < 4.78 is 44.8. The number of ether oxygens (including phenoxy) is 1. The Labute approximate surface area is 162 Å². The Morgan fingerprint density at radius 1 is 1.21 bits per heavy atom. The van der Waals surface area contributed by atoms with Crippen LogP contribution in [0.5, 0.6) is 11.6 Å². The summed E-state index contributed by atoms with van der Waals surface area (Å²) >= 11 is 0.989. The van der Waals surface area contributed by atoms with Gasteiger partial charge in [-0.2, -0.15) is 13.2 Å². The van der Waals surface area contributed by atoms with E-state index in [1.807, 2.05) is 0 Å². The van der Waals surface area contributed by atoms with Crippen molar-refractivity contribution in [3.8, 4) is 11.6 Å². The van der Waals surface area contributed by atoms with Gasteiger partial charge in [0.1, 0.15) is 16.6 Å². The third-order valence-corrected chi connectivity index (χ3v) is 5.96. The van der Waals surface area contributed by atoms with E-state index in [9.17, 15) is 22.8 Å². The van der Waals surface area contributed by atoms with Gasteiger partial charge in [-0.3, -0.25) is 14.9 Å². The van der Waals surface area contributed by atoms with Crippen LogP contribution in [-0.4, -0.2) is 21.4 Å². The topological polar surface area (TPSA) is 68.3 Å². The zero-order valence-corrected chi connectivity index (χ0v) is 15.3. The molecule has 0 radical (unpaired) electrons. The number of hydrogen-bond donors (Lipinski definition) is 1. The summed E-state index contributed by atoms with van der Waals surface area (Å²) in [6, 6.07) is 7.16. The fourth-order valence-electron chi connectivity index (χ4n) is 3.64. The molecule has 2 aliphatic rings. The maximum atomic E-state index is 13.1. The number of hydrogen-bond acceptors (Lipinski definition) is 5. The largest absolute Gasteiger partial charge is 0.438 e. The second-order valence-electron chi connectivity index (χ2n) is 6.63. The number of alkyl halides is 3. The highest BCUT2D eigenvalue weighted by Crippen LogP contribution is 2.43. The van der Waals surface area contributed by atoms with Gasteiger partial charge in [0, 0.05) is 12.1 Å². The van der Waals surface area contributed by atoms with Crippen LogP contribution in [0.2, 0.25) is 0 Å². The van der Waals surface area contributed by atoms with Crippen molar-refractivity contribution >= 4 is 22.9 Å². The van der Waals surface area contributed by atoms with E-state index in [0.29, 0.717) is 0 Å². The molecule has 1 aromatic carbocycles. The van der Waals surface area contributed by atoms with Crippen LogP contribution in [0.1, 0.15) is 35.4 Å².